The summed E-state index contributed by atoms with van der Waals surface area (Å²) in [5.41, 5.74) is 6.60. The Morgan fingerprint density at radius 3 is 2.76 bits per heavy atom. The van der Waals surface area contributed by atoms with Crippen molar-refractivity contribution in [3.8, 4) is 11.4 Å². The van der Waals surface area contributed by atoms with Crippen LogP contribution < -0.4 is 11.3 Å². The second-order valence-electron chi connectivity index (χ2n) is 4.47. The molecule has 0 radical (unpaired) electrons. The fourth-order valence-corrected chi connectivity index (χ4v) is 1.99. The van der Waals surface area contributed by atoms with Gasteiger partial charge in [0.15, 0.2) is 5.82 Å². The van der Waals surface area contributed by atoms with Gasteiger partial charge in [0.2, 0.25) is 0 Å². The summed E-state index contributed by atoms with van der Waals surface area (Å²) in [4.78, 5) is 30.3. The molecule has 3 aromatic rings. The molecule has 0 bridgehead atoms. The molecule has 0 aliphatic carbocycles. The number of anilines is 1. The first-order valence-electron chi connectivity index (χ1n) is 5.96. The number of nitrogens with one attached hydrogen (secondary N) is 1. The number of benzene rings is 1. The van der Waals surface area contributed by atoms with Gasteiger partial charge in [-0.15, -0.1) is 0 Å². The molecule has 0 unspecified atom stereocenters. The minimum atomic E-state index is -0.534. The zero-order valence-electron chi connectivity index (χ0n) is 10.9. The molecule has 0 aliphatic rings. The standard InChI is InChI=1S/C12H10N6O3/c1-6-4-10(19)17-12(14-6)15-11(16-17)8-3-2-7(18(20)21)5-9(8)13/h2-5H,13H2,1H3,(H,14,15,16). The van der Waals surface area contributed by atoms with Crippen molar-refractivity contribution < 1.29 is 4.92 Å². The van der Waals surface area contributed by atoms with E-state index in [-0.39, 0.29) is 22.7 Å². The van der Waals surface area contributed by atoms with E-state index in [4.69, 9.17) is 5.73 Å². The van der Waals surface area contributed by atoms with E-state index >= 15 is 0 Å². The van der Waals surface area contributed by atoms with Crippen molar-refractivity contribution in [3.63, 3.8) is 0 Å². The molecule has 9 heteroatoms. The van der Waals surface area contributed by atoms with Crippen LogP contribution in [0, 0.1) is 17.0 Å². The number of nitrogens with two attached hydrogens (primary N) is 1. The molecular weight excluding hydrogens is 276 g/mol. The molecule has 106 valence electrons. The van der Waals surface area contributed by atoms with Crippen LogP contribution in [-0.2, 0) is 0 Å². The molecule has 0 fully saturated rings. The molecule has 0 atom stereocenters. The number of aromatic amines is 1. The maximum Gasteiger partial charge on any atom is 0.274 e. The lowest BCUT2D eigenvalue weighted by Crippen LogP contribution is -2.14. The number of nitrogen functional groups attached to an aromatic ring is 1. The highest BCUT2D eigenvalue weighted by molar-refractivity contribution is 5.74. The van der Waals surface area contributed by atoms with Crippen molar-refractivity contribution >= 4 is 17.2 Å². The molecule has 0 aliphatic heterocycles. The first-order valence-corrected chi connectivity index (χ1v) is 5.96. The van der Waals surface area contributed by atoms with Crippen molar-refractivity contribution in [2.24, 2.45) is 0 Å². The van der Waals surface area contributed by atoms with Crippen molar-refractivity contribution in [1.82, 2.24) is 19.6 Å². The first kappa shape index (κ1) is 12.8. The molecule has 1 aromatic carbocycles. The van der Waals surface area contributed by atoms with Crippen LogP contribution in [-0.4, -0.2) is 24.5 Å². The highest BCUT2D eigenvalue weighted by Crippen LogP contribution is 2.26. The van der Waals surface area contributed by atoms with Gasteiger partial charge in [0.25, 0.3) is 17.0 Å². The van der Waals surface area contributed by atoms with E-state index in [1.165, 1.54) is 28.8 Å². The van der Waals surface area contributed by atoms with Gasteiger partial charge < -0.3 is 5.73 Å². The van der Waals surface area contributed by atoms with E-state index in [1.807, 2.05) is 0 Å². The zero-order chi connectivity index (χ0) is 15.1. The number of nitrogens with zero attached hydrogens (tertiary/aromatic N) is 4. The summed E-state index contributed by atoms with van der Waals surface area (Å²) in [6.07, 6.45) is 0. The fourth-order valence-electron chi connectivity index (χ4n) is 1.99. The summed E-state index contributed by atoms with van der Waals surface area (Å²) in [6.45, 7) is 1.69. The van der Waals surface area contributed by atoms with Crippen LogP contribution in [0.5, 0.6) is 0 Å². The highest BCUT2D eigenvalue weighted by atomic mass is 16.6. The molecular formula is C12H10N6O3. The Balaban J connectivity index is 2.19. The maximum absolute atomic E-state index is 11.8. The Morgan fingerprint density at radius 2 is 2.10 bits per heavy atom. The van der Waals surface area contributed by atoms with Gasteiger partial charge in [0, 0.05) is 35.1 Å². The molecule has 0 spiro atoms. The Bertz CT molecular complexity index is 926. The second-order valence-corrected chi connectivity index (χ2v) is 4.47. The maximum atomic E-state index is 11.8. The smallest absolute Gasteiger partial charge is 0.274 e. The normalized spacial score (nSPS) is 10.9. The van der Waals surface area contributed by atoms with Crippen LogP contribution in [0.25, 0.3) is 17.2 Å². The summed E-state index contributed by atoms with van der Waals surface area (Å²) in [5.74, 6) is 0.533. The lowest BCUT2D eigenvalue weighted by Gasteiger charge is -2.01. The van der Waals surface area contributed by atoms with Gasteiger partial charge in [-0.25, -0.2) is 4.98 Å². The molecule has 2 heterocycles. The van der Waals surface area contributed by atoms with Crippen LogP contribution in [0.15, 0.2) is 29.1 Å². The fraction of sp³-hybridized carbons (Fsp3) is 0.0833. The minimum Gasteiger partial charge on any atom is -0.398 e. The number of non-ortho nitro benzene ring substituents is 1. The Kier molecular flexibility index (Phi) is 2.68. The predicted molar refractivity (Wildman–Crippen MR) is 74.8 cm³/mol. The monoisotopic (exact) mass is 286 g/mol. The number of fused-ring (bicyclic) bond motifs is 1. The number of rotatable bonds is 2. The summed E-state index contributed by atoms with van der Waals surface area (Å²) < 4.78 is 1.18. The van der Waals surface area contributed by atoms with Gasteiger partial charge in [-0.2, -0.15) is 9.50 Å². The van der Waals surface area contributed by atoms with Crippen molar-refractivity contribution in [1.29, 1.82) is 0 Å². The predicted octanol–water partition coefficient (Wildman–Crippen LogP) is 0.883. The van der Waals surface area contributed by atoms with Crippen molar-refractivity contribution in [3.05, 3.63) is 50.4 Å². The summed E-state index contributed by atoms with van der Waals surface area (Å²) >= 11 is 0. The summed E-state index contributed by atoms with van der Waals surface area (Å²) in [5, 5.41) is 13.5. The Hall–Kier alpha value is -3.23. The lowest BCUT2D eigenvalue weighted by molar-refractivity contribution is -0.384. The number of hydrogen-bond acceptors (Lipinski definition) is 6. The van der Waals surface area contributed by atoms with Gasteiger partial charge in [-0.05, 0) is 13.0 Å². The van der Waals surface area contributed by atoms with E-state index in [0.717, 1.165) is 0 Å². The van der Waals surface area contributed by atoms with E-state index in [0.29, 0.717) is 17.1 Å². The number of nitro benzene ring substituents is 1. The molecule has 3 rings (SSSR count). The van der Waals surface area contributed by atoms with Crippen LogP contribution in [0.3, 0.4) is 0 Å². The summed E-state index contributed by atoms with van der Waals surface area (Å²) in [6, 6.07) is 5.40. The van der Waals surface area contributed by atoms with Gasteiger partial charge in [-0.3, -0.25) is 20.0 Å². The van der Waals surface area contributed by atoms with Crippen LogP contribution in [0.1, 0.15) is 5.69 Å². The molecule has 0 amide bonds. The molecule has 9 nitrogen and oxygen atoms in total. The van der Waals surface area contributed by atoms with Crippen molar-refractivity contribution in [2.75, 3.05) is 5.73 Å². The lowest BCUT2D eigenvalue weighted by atomic mass is 10.1. The molecule has 21 heavy (non-hydrogen) atoms. The van der Waals surface area contributed by atoms with Crippen LogP contribution >= 0.6 is 0 Å². The van der Waals surface area contributed by atoms with Gasteiger partial charge in [0.1, 0.15) is 0 Å². The van der Waals surface area contributed by atoms with E-state index in [1.54, 1.807) is 6.92 Å². The average Bonchev–Trinajstić information content (AvgIpc) is 2.82. The first-order chi connectivity index (χ1) is 9.95. The second kappa shape index (κ2) is 4.40. The minimum absolute atomic E-state index is 0.113. The number of aromatic nitrogens is 4. The van der Waals surface area contributed by atoms with Gasteiger partial charge in [0.05, 0.1) is 4.92 Å². The van der Waals surface area contributed by atoms with E-state index < -0.39 is 4.92 Å². The highest BCUT2D eigenvalue weighted by Gasteiger charge is 2.14. The third-order valence-electron chi connectivity index (χ3n) is 2.96. The Labute approximate surface area is 117 Å². The van der Waals surface area contributed by atoms with Crippen LogP contribution in [0.2, 0.25) is 0 Å². The molecule has 2 aromatic heterocycles. The van der Waals surface area contributed by atoms with Crippen LogP contribution in [0.4, 0.5) is 11.4 Å². The van der Waals surface area contributed by atoms with Gasteiger partial charge >= 0.3 is 0 Å². The zero-order valence-corrected chi connectivity index (χ0v) is 10.9. The van der Waals surface area contributed by atoms with Crippen molar-refractivity contribution in [2.45, 2.75) is 6.92 Å². The average molecular weight is 286 g/mol. The van der Waals surface area contributed by atoms with Gasteiger partial charge in [-0.1, -0.05) is 0 Å². The number of H-pyrrole nitrogens is 1. The number of nitro groups is 1. The largest absolute Gasteiger partial charge is 0.398 e. The quantitative estimate of drug-likeness (QED) is 0.408. The molecule has 0 saturated heterocycles. The Morgan fingerprint density at radius 1 is 1.33 bits per heavy atom. The van der Waals surface area contributed by atoms with E-state index in [9.17, 15) is 14.9 Å². The molecule has 0 saturated carbocycles. The topological polar surface area (TPSA) is 132 Å². The number of hydrogen-bond donors (Lipinski definition) is 2. The third kappa shape index (κ3) is 2.10. The third-order valence-corrected chi connectivity index (χ3v) is 2.96. The molecule has 3 N–H and O–H groups in total. The summed E-state index contributed by atoms with van der Waals surface area (Å²) in [7, 11) is 0. The van der Waals surface area contributed by atoms with E-state index in [2.05, 4.69) is 15.1 Å². The SMILES string of the molecule is Cc1cc(=O)n2[nH]c(-c3ccc([N+](=O)[O-])cc3N)nc2n1. The number of aryl methyl sites for hydroxylation is 1.